The van der Waals surface area contributed by atoms with Crippen molar-refractivity contribution in [2.45, 2.75) is 167 Å². The molecule has 0 nitrogen and oxygen atoms in total. The van der Waals surface area contributed by atoms with Crippen LogP contribution in [0.3, 0.4) is 0 Å². The molecule has 0 heterocycles. The van der Waals surface area contributed by atoms with Gasteiger partial charge in [-0.25, -0.2) is 0 Å². The minimum Gasteiger partial charge on any atom is -0.343 e. The molecule has 0 bridgehead atoms. The van der Waals surface area contributed by atoms with Gasteiger partial charge < -0.3 is 6.92 Å². The van der Waals surface area contributed by atoms with Crippen molar-refractivity contribution in [1.29, 1.82) is 0 Å². The molecule has 0 unspecified atom stereocenters. The fourth-order valence-corrected chi connectivity index (χ4v) is 4.14. The second kappa shape index (κ2) is 30.8. The Bertz CT molecular complexity index is 214. The van der Waals surface area contributed by atoms with E-state index in [2.05, 4.69) is 13.8 Å². The minimum atomic E-state index is 0. The predicted octanol–water partition coefficient (Wildman–Crippen LogP) is 7.60. The van der Waals surface area contributed by atoms with Gasteiger partial charge in [0.1, 0.15) is 0 Å². The van der Waals surface area contributed by atoms with Crippen LogP contribution in [-0.4, -0.2) is 0 Å². The van der Waals surface area contributed by atoms with Crippen molar-refractivity contribution in [2.75, 3.05) is 0 Å². The van der Waals surface area contributed by atoms with E-state index in [-0.39, 0.29) is 51.4 Å². The average molecular weight is 419 g/mol. The monoisotopic (exact) mass is 418 g/mol. The molecule has 0 aromatic carbocycles. The molecule has 28 heavy (non-hydrogen) atoms. The summed E-state index contributed by atoms with van der Waals surface area (Å²) in [7, 11) is 0. The Morgan fingerprint density at radius 2 is 0.500 bits per heavy atom. The maximum atomic E-state index is 3.91. The van der Waals surface area contributed by atoms with Crippen LogP contribution in [0.5, 0.6) is 0 Å². The first-order valence-electron chi connectivity index (χ1n) is 13.2. The zero-order chi connectivity index (χ0) is 19.7. The van der Waals surface area contributed by atoms with E-state index < -0.39 is 0 Å². The summed E-state index contributed by atoms with van der Waals surface area (Å²) in [4.78, 5) is 0. The zero-order valence-electron chi connectivity index (χ0n) is 20.4. The summed E-state index contributed by atoms with van der Waals surface area (Å²) >= 11 is 0. The van der Waals surface area contributed by atoms with Gasteiger partial charge in [0.15, 0.2) is 0 Å². The molecule has 0 fully saturated rings. The van der Waals surface area contributed by atoms with Crippen molar-refractivity contribution in [3.8, 4) is 0 Å². The summed E-state index contributed by atoms with van der Waals surface area (Å²) < 4.78 is 0. The summed E-state index contributed by atoms with van der Waals surface area (Å²) in [6.45, 7) is 6.21. The van der Waals surface area contributed by atoms with Gasteiger partial charge >= 0.3 is 51.4 Å². The van der Waals surface area contributed by atoms with Crippen molar-refractivity contribution in [2.24, 2.45) is 0 Å². The molecule has 164 valence electrons. The number of unbranched alkanes of at least 4 members (excludes halogenated alkanes) is 24. The van der Waals surface area contributed by atoms with Gasteiger partial charge in [-0.2, -0.15) is 6.42 Å². The quantitative estimate of drug-likeness (QED) is 0.0860. The fourth-order valence-electron chi connectivity index (χ4n) is 4.14. The summed E-state index contributed by atoms with van der Waals surface area (Å²) in [6.07, 6.45) is 36.3. The molecule has 0 rings (SSSR count). The predicted molar refractivity (Wildman–Crippen MR) is 126 cm³/mol. The summed E-state index contributed by atoms with van der Waals surface area (Å²) in [6, 6.07) is 0. The summed E-state index contributed by atoms with van der Waals surface area (Å²) in [5.74, 6) is 0. The third kappa shape index (κ3) is 29.8. The molecule has 0 aromatic rings. The Morgan fingerprint density at radius 1 is 0.321 bits per heavy atom. The van der Waals surface area contributed by atoms with Crippen LogP contribution in [0.15, 0.2) is 0 Å². The van der Waals surface area contributed by atoms with Crippen LogP contribution >= 0.6 is 0 Å². The van der Waals surface area contributed by atoms with Crippen molar-refractivity contribution in [3.05, 3.63) is 6.92 Å². The van der Waals surface area contributed by atoms with Gasteiger partial charge in [-0.15, -0.1) is 0 Å². The first-order valence-corrected chi connectivity index (χ1v) is 13.2. The van der Waals surface area contributed by atoms with Crippen molar-refractivity contribution >= 4 is 0 Å². The first kappa shape index (κ1) is 31.8. The standard InChI is InChI=1S/C27H55.K/c1-3-5-7-9-11-13-15-17-19-21-23-25-27-26-24-22-20-18-16-14-12-10-8-6-4-2;/h1,3-27H2,2H3;/q-1;+1. The van der Waals surface area contributed by atoms with Crippen LogP contribution in [-0.2, 0) is 0 Å². The fraction of sp³-hybridized carbons (Fsp3) is 0.963. The molecule has 0 aliphatic carbocycles. The van der Waals surface area contributed by atoms with Gasteiger partial charge in [0.25, 0.3) is 0 Å². The molecule has 0 aliphatic heterocycles. The largest absolute Gasteiger partial charge is 1.00 e. The second-order valence-corrected chi connectivity index (χ2v) is 8.99. The van der Waals surface area contributed by atoms with Crippen molar-refractivity contribution < 1.29 is 51.4 Å². The van der Waals surface area contributed by atoms with E-state index >= 15 is 0 Å². The normalized spacial score (nSPS) is 10.9. The third-order valence-electron chi connectivity index (χ3n) is 6.10. The molecular weight excluding hydrogens is 363 g/mol. The van der Waals surface area contributed by atoms with Crippen LogP contribution in [0.2, 0.25) is 0 Å². The molecule has 0 amide bonds. The van der Waals surface area contributed by atoms with Crippen molar-refractivity contribution in [1.82, 2.24) is 0 Å². The third-order valence-corrected chi connectivity index (χ3v) is 6.10. The molecule has 0 aliphatic rings. The molecule has 0 N–H and O–H groups in total. The van der Waals surface area contributed by atoms with E-state index in [1.54, 1.807) is 0 Å². The van der Waals surface area contributed by atoms with Gasteiger partial charge in [-0.1, -0.05) is 161 Å². The van der Waals surface area contributed by atoms with E-state index in [9.17, 15) is 0 Å². The topological polar surface area (TPSA) is 0 Å². The van der Waals surface area contributed by atoms with E-state index in [1.807, 2.05) is 0 Å². The Hall–Kier alpha value is 1.64. The molecule has 0 atom stereocenters. The number of rotatable bonds is 24. The summed E-state index contributed by atoms with van der Waals surface area (Å²) in [5.41, 5.74) is 0. The van der Waals surface area contributed by atoms with Crippen LogP contribution in [0.25, 0.3) is 0 Å². The molecule has 0 aromatic heterocycles. The van der Waals surface area contributed by atoms with Gasteiger partial charge in [0.2, 0.25) is 0 Å². The Labute approximate surface area is 223 Å². The number of hydrogen-bond acceptors (Lipinski definition) is 0. The Balaban J connectivity index is 0. The SMILES string of the molecule is [CH2-]CCCCCCCCCCCCCCCCCCCCCCCCCC.[K+]. The maximum Gasteiger partial charge on any atom is 1.00 e. The minimum absolute atomic E-state index is 0. The van der Waals surface area contributed by atoms with Crippen LogP contribution in [0.1, 0.15) is 167 Å². The molecule has 0 saturated carbocycles. The van der Waals surface area contributed by atoms with Crippen LogP contribution in [0.4, 0.5) is 0 Å². The first-order chi connectivity index (χ1) is 13.4. The Kier molecular flexibility index (Phi) is 35.0. The average Bonchev–Trinajstić information content (AvgIpc) is 2.68. The smallest absolute Gasteiger partial charge is 0.343 e. The molecule has 1 heteroatoms. The van der Waals surface area contributed by atoms with E-state index in [0.717, 1.165) is 6.42 Å². The summed E-state index contributed by atoms with van der Waals surface area (Å²) in [5, 5.41) is 0. The molecule has 0 saturated heterocycles. The molecule has 0 spiro atoms. The zero-order valence-corrected chi connectivity index (χ0v) is 23.5. The van der Waals surface area contributed by atoms with Gasteiger partial charge in [-0.05, 0) is 0 Å². The van der Waals surface area contributed by atoms with E-state index in [1.165, 1.54) is 154 Å². The maximum absolute atomic E-state index is 3.91. The van der Waals surface area contributed by atoms with Gasteiger partial charge in [0, 0.05) is 0 Å². The van der Waals surface area contributed by atoms with Crippen LogP contribution < -0.4 is 51.4 Å². The van der Waals surface area contributed by atoms with Crippen molar-refractivity contribution in [3.63, 3.8) is 0 Å². The van der Waals surface area contributed by atoms with Gasteiger partial charge in [0.05, 0.1) is 0 Å². The van der Waals surface area contributed by atoms with Crippen LogP contribution in [0, 0.1) is 6.92 Å². The molecular formula is C27H55K. The Morgan fingerprint density at radius 3 is 0.679 bits per heavy atom. The van der Waals surface area contributed by atoms with E-state index in [0.29, 0.717) is 0 Å². The van der Waals surface area contributed by atoms with Gasteiger partial charge in [-0.3, -0.25) is 0 Å². The van der Waals surface area contributed by atoms with E-state index in [4.69, 9.17) is 0 Å². The second-order valence-electron chi connectivity index (χ2n) is 8.99. The number of hydrogen-bond donors (Lipinski definition) is 0. The molecule has 0 radical (unpaired) electrons.